The Morgan fingerprint density at radius 2 is 2.09 bits per heavy atom. The molecule has 114 valence electrons. The number of nitrogens with one attached hydrogen (secondary N) is 1. The highest BCUT2D eigenvalue weighted by Crippen LogP contribution is 2.18. The number of rotatable bonds is 4. The van der Waals surface area contributed by atoms with Gasteiger partial charge in [0.15, 0.2) is 15.5 Å². The molecule has 0 aliphatic carbocycles. The Hall–Kier alpha value is -2.12. The third kappa shape index (κ3) is 3.05. The highest BCUT2D eigenvalue weighted by Gasteiger charge is 2.09. The number of halogens is 1. The second-order valence-corrected chi connectivity index (χ2v) is 7.20. The van der Waals surface area contributed by atoms with E-state index in [-0.39, 0.29) is 5.28 Å². The van der Waals surface area contributed by atoms with Gasteiger partial charge in [0.25, 0.3) is 0 Å². The molecule has 1 aromatic carbocycles. The van der Waals surface area contributed by atoms with Crippen LogP contribution >= 0.6 is 11.6 Å². The van der Waals surface area contributed by atoms with Crippen molar-refractivity contribution in [2.45, 2.75) is 11.4 Å². The molecule has 2 heterocycles. The number of fused-ring (bicyclic) bond motifs is 1. The average molecular weight is 337 g/mol. The van der Waals surface area contributed by atoms with Crippen LogP contribution in [-0.2, 0) is 16.4 Å². The van der Waals surface area contributed by atoms with E-state index < -0.39 is 9.84 Å². The van der Waals surface area contributed by atoms with Gasteiger partial charge in [0.05, 0.1) is 10.6 Å². The van der Waals surface area contributed by atoms with Crippen LogP contribution in [0.15, 0.2) is 47.5 Å². The molecule has 0 spiro atoms. The highest BCUT2D eigenvalue weighted by atomic mass is 35.5. The third-order valence-corrected chi connectivity index (χ3v) is 4.42. The zero-order valence-electron chi connectivity index (χ0n) is 11.7. The number of sulfone groups is 1. The van der Waals surface area contributed by atoms with Gasteiger partial charge in [-0.1, -0.05) is 12.1 Å². The zero-order valence-corrected chi connectivity index (χ0v) is 13.3. The van der Waals surface area contributed by atoms with Crippen LogP contribution in [0.3, 0.4) is 0 Å². The first kappa shape index (κ1) is 14.8. The normalized spacial score (nSPS) is 11.7. The van der Waals surface area contributed by atoms with Crippen LogP contribution < -0.4 is 5.32 Å². The smallest absolute Gasteiger partial charge is 0.243 e. The van der Waals surface area contributed by atoms with Crippen LogP contribution in [-0.4, -0.2) is 29.3 Å². The van der Waals surface area contributed by atoms with E-state index in [2.05, 4.69) is 15.4 Å². The fourth-order valence-corrected chi connectivity index (χ4v) is 2.95. The average Bonchev–Trinajstić information content (AvgIpc) is 2.85. The van der Waals surface area contributed by atoms with E-state index in [9.17, 15) is 8.42 Å². The number of nitrogens with zero attached hydrogens (tertiary/aromatic N) is 3. The molecule has 8 heteroatoms. The fourth-order valence-electron chi connectivity index (χ4n) is 2.10. The molecule has 2 aromatic heterocycles. The number of hydrogen-bond donors (Lipinski definition) is 1. The Kier molecular flexibility index (Phi) is 3.76. The summed E-state index contributed by atoms with van der Waals surface area (Å²) >= 11 is 5.81. The molecular weight excluding hydrogens is 324 g/mol. The van der Waals surface area contributed by atoms with E-state index in [0.717, 1.165) is 11.3 Å². The molecule has 0 unspecified atom stereocenters. The van der Waals surface area contributed by atoms with Gasteiger partial charge < -0.3 is 5.32 Å². The number of hydrogen-bond acceptors (Lipinski definition) is 5. The highest BCUT2D eigenvalue weighted by molar-refractivity contribution is 7.90. The van der Waals surface area contributed by atoms with Crippen molar-refractivity contribution >= 4 is 32.8 Å². The molecule has 0 bridgehead atoms. The van der Waals surface area contributed by atoms with E-state index in [1.807, 2.05) is 18.2 Å². The summed E-state index contributed by atoms with van der Waals surface area (Å²) in [6.07, 6.45) is 2.95. The van der Waals surface area contributed by atoms with E-state index in [1.54, 1.807) is 28.9 Å². The van der Waals surface area contributed by atoms with E-state index in [1.165, 1.54) is 6.26 Å². The largest absolute Gasteiger partial charge is 0.378 e. The first-order chi connectivity index (χ1) is 10.4. The maximum Gasteiger partial charge on any atom is 0.243 e. The van der Waals surface area contributed by atoms with Gasteiger partial charge >= 0.3 is 0 Å². The number of pyridine rings is 1. The Morgan fingerprint density at radius 3 is 2.86 bits per heavy atom. The molecule has 0 aliphatic rings. The van der Waals surface area contributed by atoms with Gasteiger partial charge in [-0.15, -0.1) is 5.10 Å². The van der Waals surface area contributed by atoms with Gasteiger partial charge in [0.1, 0.15) is 0 Å². The number of aromatic nitrogens is 3. The fraction of sp³-hybridized carbons (Fsp3) is 0.143. The Balaban J connectivity index is 1.85. The maximum atomic E-state index is 11.6. The lowest BCUT2D eigenvalue weighted by atomic mass is 10.2. The summed E-state index contributed by atoms with van der Waals surface area (Å²) < 4.78 is 24.7. The van der Waals surface area contributed by atoms with Crippen LogP contribution in [0, 0.1) is 0 Å². The summed E-state index contributed by atoms with van der Waals surface area (Å²) in [5.74, 6) is 0. The maximum absolute atomic E-state index is 11.6. The molecule has 0 aliphatic heterocycles. The third-order valence-electron chi connectivity index (χ3n) is 3.15. The molecule has 0 saturated heterocycles. The number of benzene rings is 1. The standard InChI is InChI=1S/C14H13ClN4O2S/c1-22(20,21)11-5-2-4-10(8-11)9-16-12-6-3-7-19-13(12)17-14(15)18-19/h2-8,16H,9H2,1H3. The molecule has 3 aromatic rings. The molecule has 0 atom stereocenters. The Bertz CT molecular complexity index is 937. The molecule has 6 nitrogen and oxygen atoms in total. The van der Waals surface area contributed by atoms with Crippen molar-refractivity contribution in [1.82, 2.24) is 14.6 Å². The SMILES string of the molecule is CS(=O)(=O)c1cccc(CNc2cccn3nc(Cl)nc23)c1. The lowest BCUT2D eigenvalue weighted by Crippen LogP contribution is -2.03. The first-order valence-corrected chi connectivity index (χ1v) is 8.74. The molecule has 0 radical (unpaired) electrons. The summed E-state index contributed by atoms with van der Waals surface area (Å²) in [6, 6.07) is 10.5. The van der Waals surface area contributed by atoms with Gasteiger partial charge in [0, 0.05) is 19.0 Å². The second-order valence-electron chi connectivity index (χ2n) is 4.84. The number of anilines is 1. The zero-order chi connectivity index (χ0) is 15.7. The van der Waals surface area contributed by atoms with E-state index >= 15 is 0 Å². The van der Waals surface area contributed by atoms with Crippen LogP contribution in [0.5, 0.6) is 0 Å². The van der Waals surface area contributed by atoms with Crippen molar-refractivity contribution in [3.63, 3.8) is 0 Å². The van der Waals surface area contributed by atoms with Crippen molar-refractivity contribution in [1.29, 1.82) is 0 Å². The van der Waals surface area contributed by atoms with Gasteiger partial charge in [-0.2, -0.15) is 4.98 Å². The summed E-state index contributed by atoms with van der Waals surface area (Å²) in [7, 11) is -3.21. The molecule has 1 N–H and O–H groups in total. The predicted octanol–water partition coefficient (Wildman–Crippen LogP) is 2.40. The quantitative estimate of drug-likeness (QED) is 0.791. The summed E-state index contributed by atoms with van der Waals surface area (Å²) in [5.41, 5.74) is 2.24. The summed E-state index contributed by atoms with van der Waals surface area (Å²) in [5, 5.41) is 7.42. The molecule has 0 amide bonds. The lowest BCUT2D eigenvalue weighted by molar-refractivity contribution is 0.601. The topological polar surface area (TPSA) is 76.4 Å². The van der Waals surface area contributed by atoms with E-state index in [0.29, 0.717) is 17.1 Å². The molecule has 3 rings (SSSR count). The summed E-state index contributed by atoms with van der Waals surface area (Å²) in [4.78, 5) is 4.44. The Labute approximate surface area is 132 Å². The van der Waals surface area contributed by atoms with E-state index in [4.69, 9.17) is 11.6 Å². The minimum atomic E-state index is -3.21. The van der Waals surface area contributed by atoms with Crippen LogP contribution in [0.25, 0.3) is 5.65 Å². The molecule has 22 heavy (non-hydrogen) atoms. The van der Waals surface area contributed by atoms with Crippen molar-refractivity contribution in [2.75, 3.05) is 11.6 Å². The molecule has 0 saturated carbocycles. The van der Waals surface area contributed by atoms with Crippen molar-refractivity contribution in [3.05, 3.63) is 53.4 Å². The second kappa shape index (κ2) is 5.58. The monoisotopic (exact) mass is 336 g/mol. The van der Waals surface area contributed by atoms with Crippen molar-refractivity contribution < 1.29 is 8.42 Å². The molecule has 0 fully saturated rings. The van der Waals surface area contributed by atoms with Crippen LogP contribution in [0.1, 0.15) is 5.56 Å². The van der Waals surface area contributed by atoms with Crippen molar-refractivity contribution in [2.24, 2.45) is 0 Å². The Morgan fingerprint density at radius 1 is 1.27 bits per heavy atom. The van der Waals surface area contributed by atoms with Crippen molar-refractivity contribution in [3.8, 4) is 0 Å². The van der Waals surface area contributed by atoms with Gasteiger partial charge in [-0.25, -0.2) is 12.9 Å². The summed E-state index contributed by atoms with van der Waals surface area (Å²) in [6.45, 7) is 0.466. The minimum absolute atomic E-state index is 0.174. The van der Waals surface area contributed by atoms with Gasteiger partial charge in [0.2, 0.25) is 5.28 Å². The predicted molar refractivity (Wildman–Crippen MR) is 84.9 cm³/mol. The first-order valence-electron chi connectivity index (χ1n) is 6.47. The van der Waals surface area contributed by atoms with Crippen LogP contribution in [0.4, 0.5) is 5.69 Å². The lowest BCUT2D eigenvalue weighted by Gasteiger charge is -2.08. The van der Waals surface area contributed by atoms with Gasteiger partial charge in [-0.3, -0.25) is 0 Å². The molecular formula is C14H13ClN4O2S. The van der Waals surface area contributed by atoms with Gasteiger partial charge in [-0.05, 0) is 41.4 Å². The van der Waals surface area contributed by atoms with Crippen LogP contribution in [0.2, 0.25) is 5.28 Å². The minimum Gasteiger partial charge on any atom is -0.378 e.